The molecular weight excluding hydrogens is 311 g/mol. The quantitative estimate of drug-likeness (QED) is 0.295. The molecule has 2 N–H and O–H groups in total. The van der Waals surface area contributed by atoms with Gasteiger partial charge < -0.3 is 14.6 Å². The summed E-state index contributed by atoms with van der Waals surface area (Å²) in [4.78, 5) is 11.5. The number of hydrogen-bond donors (Lipinski definition) is 2. The summed E-state index contributed by atoms with van der Waals surface area (Å²) in [7, 11) is -3.99. The van der Waals surface area contributed by atoms with E-state index in [2.05, 4.69) is 0 Å². The first-order valence-corrected chi connectivity index (χ1v) is 7.49. The van der Waals surface area contributed by atoms with E-state index < -0.39 is 16.1 Å². The van der Waals surface area contributed by atoms with Gasteiger partial charge in [-0.3, -0.25) is 4.55 Å². The van der Waals surface area contributed by atoms with Gasteiger partial charge in [0.1, 0.15) is 12.4 Å². The second-order valence-electron chi connectivity index (χ2n) is 3.88. The summed E-state index contributed by atoms with van der Waals surface area (Å²) in [6.45, 7) is -0.245. The maximum atomic E-state index is 11.5. The third kappa shape index (κ3) is 9.07. The van der Waals surface area contributed by atoms with Crippen molar-refractivity contribution in [2.45, 2.75) is 6.42 Å². The Balaban J connectivity index is 0.00000400. The molecule has 114 valence electrons. The van der Waals surface area contributed by atoms with Crippen molar-refractivity contribution in [1.82, 2.24) is 0 Å². The topological polar surface area (TPSA) is 110 Å². The first kappa shape index (κ1) is 20.4. The van der Waals surface area contributed by atoms with Crippen LogP contribution in [0, 0.1) is 0 Å². The fraction of sp³-hybridized carbons (Fsp3) is 0.417. The predicted octanol–water partition coefficient (Wildman–Crippen LogP) is -0.156. The molecule has 7 nitrogen and oxygen atoms in total. The molecule has 1 aromatic rings. The molecule has 0 aromatic heterocycles. The third-order valence-corrected chi connectivity index (χ3v) is 3.01. The second kappa shape index (κ2) is 10.1. The molecule has 0 atom stereocenters. The Bertz CT molecular complexity index is 544. The van der Waals surface area contributed by atoms with Gasteiger partial charge in [-0.1, -0.05) is 6.07 Å². The van der Waals surface area contributed by atoms with Gasteiger partial charge in [-0.25, -0.2) is 4.79 Å². The molecule has 0 unspecified atom stereocenters. The number of carbonyl (C=O) groups excluding carboxylic acids is 1. The van der Waals surface area contributed by atoms with Crippen LogP contribution in [0.15, 0.2) is 24.3 Å². The molecule has 1 rings (SSSR count). The summed E-state index contributed by atoms with van der Waals surface area (Å²) in [5.41, 5.74) is 0.269. The van der Waals surface area contributed by atoms with Gasteiger partial charge in [0.15, 0.2) is 0 Å². The number of esters is 1. The standard InChI is InChI=1S/C12H16O7S.Na.H/c13-5-7-19-12(14)10-3-1-4-11(9-10)18-6-2-8-20(15,16)17;;/h1,3-4,9,13H,2,5-8H2,(H,15,16,17);;. The Morgan fingerprint density at radius 1 is 1.24 bits per heavy atom. The van der Waals surface area contributed by atoms with Crippen LogP contribution in [0.1, 0.15) is 16.8 Å². The first-order chi connectivity index (χ1) is 9.42. The van der Waals surface area contributed by atoms with Crippen LogP contribution >= 0.6 is 0 Å². The van der Waals surface area contributed by atoms with E-state index in [0.29, 0.717) is 5.75 Å². The summed E-state index contributed by atoms with van der Waals surface area (Å²) in [6, 6.07) is 6.18. The van der Waals surface area contributed by atoms with Crippen molar-refractivity contribution in [1.29, 1.82) is 0 Å². The van der Waals surface area contributed by atoms with Crippen molar-refractivity contribution in [2.24, 2.45) is 0 Å². The molecule has 0 aliphatic rings. The van der Waals surface area contributed by atoms with Gasteiger partial charge in [0.2, 0.25) is 0 Å². The van der Waals surface area contributed by atoms with Crippen molar-refractivity contribution in [3.05, 3.63) is 29.8 Å². The maximum absolute atomic E-state index is 11.5. The molecule has 0 amide bonds. The van der Waals surface area contributed by atoms with E-state index in [1.807, 2.05) is 0 Å². The Kier molecular flexibility index (Phi) is 9.84. The summed E-state index contributed by atoms with van der Waals surface area (Å²) < 4.78 is 39.6. The fourth-order valence-corrected chi connectivity index (χ4v) is 1.85. The summed E-state index contributed by atoms with van der Waals surface area (Å²) in [5.74, 6) is -0.577. The Hall–Kier alpha value is -0.640. The van der Waals surface area contributed by atoms with Crippen molar-refractivity contribution in [3.63, 3.8) is 0 Å². The van der Waals surface area contributed by atoms with E-state index in [9.17, 15) is 13.2 Å². The number of benzene rings is 1. The fourth-order valence-electron chi connectivity index (χ4n) is 1.37. The average Bonchev–Trinajstić information content (AvgIpc) is 2.40. The number of carbonyl (C=O) groups is 1. The molecule has 1 aromatic carbocycles. The molecule has 0 heterocycles. The SMILES string of the molecule is O=C(OCCO)c1cccc(OCCCS(=O)(=O)O)c1.[NaH]. The molecule has 9 heteroatoms. The normalized spacial score (nSPS) is 10.6. The van der Waals surface area contributed by atoms with E-state index >= 15 is 0 Å². The van der Waals surface area contributed by atoms with Crippen LogP contribution in [0.4, 0.5) is 0 Å². The third-order valence-electron chi connectivity index (χ3n) is 2.21. The van der Waals surface area contributed by atoms with Crippen LogP contribution in [0.3, 0.4) is 0 Å². The zero-order valence-electron chi connectivity index (χ0n) is 10.7. The average molecular weight is 328 g/mol. The minimum atomic E-state index is -3.99. The van der Waals surface area contributed by atoms with Crippen LogP contribution in [0.25, 0.3) is 0 Å². The molecule has 0 saturated heterocycles. The molecule has 0 aliphatic carbocycles. The number of rotatable bonds is 8. The van der Waals surface area contributed by atoms with Gasteiger partial charge in [-0.2, -0.15) is 8.42 Å². The predicted molar refractivity (Wildman–Crippen MR) is 77.5 cm³/mol. The van der Waals surface area contributed by atoms with Gasteiger partial charge in [0.05, 0.1) is 24.5 Å². The molecule has 0 bridgehead atoms. The summed E-state index contributed by atoms with van der Waals surface area (Å²) in [5, 5.41) is 8.55. The summed E-state index contributed by atoms with van der Waals surface area (Å²) >= 11 is 0. The van der Waals surface area contributed by atoms with Crippen molar-refractivity contribution in [3.8, 4) is 5.75 Å². The molecular formula is C12H17NaO7S. The number of aliphatic hydroxyl groups excluding tert-OH is 1. The monoisotopic (exact) mass is 328 g/mol. The van der Waals surface area contributed by atoms with Gasteiger partial charge in [-0.15, -0.1) is 0 Å². The van der Waals surface area contributed by atoms with E-state index in [1.165, 1.54) is 12.1 Å². The zero-order valence-corrected chi connectivity index (χ0v) is 11.5. The van der Waals surface area contributed by atoms with Crippen LogP contribution in [0.2, 0.25) is 0 Å². The van der Waals surface area contributed by atoms with Gasteiger partial charge in [0.25, 0.3) is 10.1 Å². The van der Waals surface area contributed by atoms with E-state index in [4.69, 9.17) is 19.1 Å². The molecule has 0 fully saturated rings. The number of hydrogen-bond acceptors (Lipinski definition) is 6. The van der Waals surface area contributed by atoms with Crippen molar-refractivity contribution >= 4 is 45.6 Å². The Labute approximate surface area is 145 Å². The minimum absolute atomic E-state index is 0. The van der Waals surface area contributed by atoms with Crippen LogP contribution < -0.4 is 4.74 Å². The number of ether oxygens (including phenoxy) is 2. The van der Waals surface area contributed by atoms with Crippen LogP contribution in [-0.2, 0) is 14.9 Å². The number of aliphatic hydroxyl groups is 1. The molecule has 21 heavy (non-hydrogen) atoms. The van der Waals surface area contributed by atoms with Gasteiger partial charge >= 0.3 is 35.5 Å². The van der Waals surface area contributed by atoms with Gasteiger partial charge in [-0.05, 0) is 24.6 Å². The Morgan fingerprint density at radius 2 is 1.95 bits per heavy atom. The van der Waals surface area contributed by atoms with Crippen molar-refractivity contribution in [2.75, 3.05) is 25.6 Å². The molecule has 0 radical (unpaired) electrons. The Morgan fingerprint density at radius 3 is 2.57 bits per heavy atom. The first-order valence-electron chi connectivity index (χ1n) is 5.88. The molecule has 0 aliphatic heterocycles. The molecule has 0 saturated carbocycles. The summed E-state index contributed by atoms with van der Waals surface area (Å²) in [6.07, 6.45) is 0.137. The van der Waals surface area contributed by atoms with Crippen LogP contribution in [-0.4, -0.2) is 79.2 Å². The van der Waals surface area contributed by atoms with E-state index in [0.717, 1.165) is 0 Å². The van der Waals surface area contributed by atoms with E-state index in [1.54, 1.807) is 12.1 Å². The van der Waals surface area contributed by atoms with Gasteiger partial charge in [0, 0.05) is 0 Å². The molecule has 0 spiro atoms. The zero-order chi connectivity index (χ0) is 15.0. The van der Waals surface area contributed by atoms with Crippen molar-refractivity contribution < 1.29 is 32.3 Å². The van der Waals surface area contributed by atoms with Crippen LogP contribution in [0.5, 0.6) is 5.75 Å². The second-order valence-corrected chi connectivity index (χ2v) is 5.45. The van der Waals surface area contributed by atoms with E-state index in [-0.39, 0.29) is 67.1 Å².